The number of nitrogens with zero attached hydrogens (tertiary/aromatic N) is 1. The number of rotatable bonds is 7. The highest BCUT2D eigenvalue weighted by molar-refractivity contribution is 6.12. The number of carboxylic acids is 2. The number of anilines is 2. The van der Waals surface area contributed by atoms with Gasteiger partial charge in [-0.15, -0.1) is 0 Å². The number of nitrogens with one attached hydrogen (secondary N) is 2. The van der Waals surface area contributed by atoms with Crippen molar-refractivity contribution in [2.24, 2.45) is 0 Å². The molecule has 2 amide bonds. The maximum absolute atomic E-state index is 12.7. The van der Waals surface area contributed by atoms with Gasteiger partial charge in [-0.2, -0.15) is 0 Å². The number of hydrogen-bond donors (Lipinski definition) is 4. The molecule has 166 valence electrons. The molecule has 0 unspecified atom stereocenters. The largest absolute Gasteiger partial charge is 0.478 e. The first-order valence-corrected chi connectivity index (χ1v) is 9.24. The SMILES string of the molecule is O=C(Nc1ccccc1C(=O)O)c1cc(C(=O)Nc2ccccc2C(=O)O)cc([N+](=O)[O-])c1. The number of carbonyl (C=O) groups excluding carboxylic acids is 2. The van der Waals surface area contributed by atoms with E-state index in [9.17, 15) is 39.5 Å². The van der Waals surface area contributed by atoms with E-state index < -0.39 is 34.4 Å². The van der Waals surface area contributed by atoms with Gasteiger partial charge in [-0.25, -0.2) is 9.59 Å². The van der Waals surface area contributed by atoms with Gasteiger partial charge in [-0.1, -0.05) is 24.3 Å². The van der Waals surface area contributed by atoms with E-state index in [1.807, 2.05) is 0 Å². The van der Waals surface area contributed by atoms with Crippen LogP contribution in [0.15, 0.2) is 66.7 Å². The van der Waals surface area contributed by atoms with Crippen molar-refractivity contribution in [2.45, 2.75) is 0 Å². The Morgan fingerprint density at radius 3 is 1.45 bits per heavy atom. The van der Waals surface area contributed by atoms with E-state index >= 15 is 0 Å². The van der Waals surface area contributed by atoms with Gasteiger partial charge in [0.25, 0.3) is 17.5 Å². The predicted octanol–water partition coefficient (Wildman–Crippen LogP) is 3.50. The van der Waals surface area contributed by atoms with E-state index in [1.165, 1.54) is 48.5 Å². The van der Waals surface area contributed by atoms with Crippen LogP contribution >= 0.6 is 0 Å². The summed E-state index contributed by atoms with van der Waals surface area (Å²) in [5, 5.41) is 34.6. The minimum absolute atomic E-state index is 0.0390. The molecule has 4 N–H and O–H groups in total. The number of non-ortho nitro benzene ring substituents is 1. The van der Waals surface area contributed by atoms with Gasteiger partial charge in [0.1, 0.15) is 0 Å². The zero-order valence-electron chi connectivity index (χ0n) is 16.6. The van der Waals surface area contributed by atoms with Crippen LogP contribution in [-0.2, 0) is 0 Å². The number of benzene rings is 3. The summed E-state index contributed by atoms with van der Waals surface area (Å²) in [6.07, 6.45) is 0. The average Bonchev–Trinajstić information content (AvgIpc) is 2.79. The summed E-state index contributed by atoms with van der Waals surface area (Å²) in [5.41, 5.74) is -1.59. The van der Waals surface area contributed by atoms with Crippen LogP contribution in [0.4, 0.5) is 17.1 Å². The summed E-state index contributed by atoms with van der Waals surface area (Å²) < 4.78 is 0. The molecule has 0 bridgehead atoms. The van der Waals surface area contributed by atoms with Gasteiger partial charge in [-0.05, 0) is 30.3 Å². The molecule has 0 saturated heterocycles. The second-order valence-electron chi connectivity index (χ2n) is 6.64. The summed E-state index contributed by atoms with van der Waals surface area (Å²) >= 11 is 0. The van der Waals surface area contributed by atoms with Crippen LogP contribution in [0, 0.1) is 10.1 Å². The Labute approximate surface area is 185 Å². The van der Waals surface area contributed by atoms with Gasteiger partial charge < -0.3 is 20.8 Å². The summed E-state index contributed by atoms with van der Waals surface area (Å²) in [5.74, 6) is -4.34. The molecule has 0 radical (unpaired) electrons. The quantitative estimate of drug-likeness (QED) is 0.313. The Bertz CT molecular complexity index is 1210. The van der Waals surface area contributed by atoms with Gasteiger partial charge in [0.15, 0.2) is 0 Å². The van der Waals surface area contributed by atoms with Crippen LogP contribution in [0.25, 0.3) is 0 Å². The fourth-order valence-corrected chi connectivity index (χ4v) is 2.92. The number of nitro groups is 1. The predicted molar refractivity (Wildman–Crippen MR) is 116 cm³/mol. The molecular weight excluding hydrogens is 434 g/mol. The fourth-order valence-electron chi connectivity index (χ4n) is 2.92. The van der Waals surface area contributed by atoms with Gasteiger partial charge >= 0.3 is 11.9 Å². The van der Waals surface area contributed by atoms with E-state index in [1.54, 1.807) is 0 Å². The molecule has 3 aromatic rings. The number of aromatic carboxylic acids is 2. The monoisotopic (exact) mass is 449 g/mol. The maximum atomic E-state index is 12.7. The average molecular weight is 449 g/mol. The standard InChI is InChI=1S/C22H15N3O8/c26-19(23-17-7-3-1-5-15(17)21(28)29)12-9-13(11-14(10-12)25(32)33)20(27)24-18-8-4-2-6-16(18)22(30)31/h1-11H,(H,23,26)(H,24,27)(H,28,29)(H,30,31). The molecule has 3 aromatic carbocycles. The van der Waals surface area contributed by atoms with Crippen LogP contribution in [0.1, 0.15) is 41.4 Å². The second-order valence-corrected chi connectivity index (χ2v) is 6.64. The number of para-hydroxylation sites is 2. The van der Waals surface area contributed by atoms with E-state index in [0.717, 1.165) is 18.2 Å². The third kappa shape index (κ3) is 5.17. The molecule has 0 aromatic heterocycles. The Balaban J connectivity index is 1.96. The van der Waals surface area contributed by atoms with Gasteiger partial charge in [0.05, 0.1) is 27.4 Å². The lowest BCUT2D eigenvalue weighted by Crippen LogP contribution is -2.18. The first-order valence-electron chi connectivity index (χ1n) is 9.24. The zero-order valence-corrected chi connectivity index (χ0v) is 16.6. The first-order chi connectivity index (χ1) is 15.7. The highest BCUT2D eigenvalue weighted by Crippen LogP contribution is 2.22. The highest BCUT2D eigenvalue weighted by Gasteiger charge is 2.21. The first kappa shape index (κ1) is 22.6. The third-order valence-corrected chi connectivity index (χ3v) is 4.46. The Morgan fingerprint density at radius 1 is 0.697 bits per heavy atom. The van der Waals surface area contributed by atoms with Crippen molar-refractivity contribution >= 4 is 40.8 Å². The van der Waals surface area contributed by atoms with Crippen molar-refractivity contribution in [1.82, 2.24) is 0 Å². The summed E-state index contributed by atoms with van der Waals surface area (Å²) in [4.78, 5) is 58.6. The Hall–Kier alpha value is -5.06. The van der Waals surface area contributed by atoms with Crippen LogP contribution in [-0.4, -0.2) is 38.9 Å². The van der Waals surface area contributed by atoms with Crippen LogP contribution < -0.4 is 10.6 Å². The normalized spacial score (nSPS) is 10.2. The number of amides is 2. The number of nitro benzene ring substituents is 1. The smallest absolute Gasteiger partial charge is 0.337 e. The lowest BCUT2D eigenvalue weighted by atomic mass is 10.1. The lowest BCUT2D eigenvalue weighted by molar-refractivity contribution is -0.384. The van der Waals surface area contributed by atoms with Crippen molar-refractivity contribution in [2.75, 3.05) is 10.6 Å². The molecule has 33 heavy (non-hydrogen) atoms. The molecule has 0 aliphatic heterocycles. The Kier molecular flexibility index (Phi) is 6.44. The zero-order chi connectivity index (χ0) is 24.1. The van der Waals surface area contributed by atoms with Gasteiger partial charge in [0, 0.05) is 23.3 Å². The van der Waals surface area contributed by atoms with Gasteiger partial charge in [0.2, 0.25) is 0 Å². The van der Waals surface area contributed by atoms with Crippen molar-refractivity contribution in [3.8, 4) is 0 Å². The van der Waals surface area contributed by atoms with Crippen LogP contribution in [0.5, 0.6) is 0 Å². The molecule has 3 rings (SSSR count). The second kappa shape index (κ2) is 9.39. The third-order valence-electron chi connectivity index (χ3n) is 4.46. The molecule has 11 heteroatoms. The van der Waals surface area contributed by atoms with Crippen molar-refractivity contribution < 1.29 is 34.3 Å². The highest BCUT2D eigenvalue weighted by atomic mass is 16.6. The van der Waals surface area contributed by atoms with Crippen LogP contribution in [0.2, 0.25) is 0 Å². The number of carboxylic acid groups (broad SMARTS) is 2. The maximum Gasteiger partial charge on any atom is 0.337 e. The minimum atomic E-state index is -1.29. The molecule has 0 fully saturated rings. The molecule has 0 aliphatic carbocycles. The molecule has 0 saturated carbocycles. The summed E-state index contributed by atoms with van der Waals surface area (Å²) in [6.45, 7) is 0. The van der Waals surface area contributed by atoms with Crippen LogP contribution in [0.3, 0.4) is 0 Å². The van der Waals surface area contributed by atoms with Crippen molar-refractivity contribution in [1.29, 1.82) is 0 Å². The van der Waals surface area contributed by atoms with E-state index in [4.69, 9.17) is 0 Å². The number of carbonyl (C=O) groups is 4. The van der Waals surface area contributed by atoms with E-state index in [-0.39, 0.29) is 33.6 Å². The molecule has 11 nitrogen and oxygen atoms in total. The molecular formula is C22H15N3O8. The Morgan fingerprint density at radius 2 is 1.09 bits per heavy atom. The van der Waals surface area contributed by atoms with Crippen molar-refractivity contribution in [3.05, 3.63) is 99.1 Å². The molecule has 0 spiro atoms. The minimum Gasteiger partial charge on any atom is -0.478 e. The summed E-state index contributed by atoms with van der Waals surface area (Å²) in [7, 11) is 0. The van der Waals surface area contributed by atoms with Gasteiger partial charge in [-0.3, -0.25) is 19.7 Å². The number of hydrogen-bond acceptors (Lipinski definition) is 6. The van der Waals surface area contributed by atoms with Crippen molar-refractivity contribution in [3.63, 3.8) is 0 Å². The fraction of sp³-hybridized carbons (Fsp3) is 0. The molecule has 0 atom stereocenters. The topological polar surface area (TPSA) is 176 Å². The lowest BCUT2D eigenvalue weighted by Gasteiger charge is -2.11. The molecule has 0 aliphatic rings. The summed E-state index contributed by atoms with van der Waals surface area (Å²) in [6, 6.07) is 14.1. The van der Waals surface area contributed by atoms with E-state index in [2.05, 4.69) is 10.6 Å². The molecule has 0 heterocycles. The van der Waals surface area contributed by atoms with E-state index in [0.29, 0.717) is 0 Å².